The molecule has 2 aromatic rings. The number of aryl methyl sites for hydroxylation is 2. The van der Waals surface area contributed by atoms with Crippen LogP contribution in [0.4, 0.5) is 18.9 Å². The Kier molecular flexibility index (Phi) is 13.3. The van der Waals surface area contributed by atoms with Crippen molar-refractivity contribution >= 4 is 17.4 Å². The fraction of sp³-hybridized carbons (Fsp3) is 0.438. The quantitative estimate of drug-likeness (QED) is 0.197. The maximum Gasteiger partial charge on any atom is 0.416 e. The van der Waals surface area contributed by atoms with Gasteiger partial charge < -0.3 is 16.0 Å². The van der Waals surface area contributed by atoms with Gasteiger partial charge in [0.1, 0.15) is 0 Å². The molecule has 1 aliphatic rings. The van der Waals surface area contributed by atoms with Gasteiger partial charge in [0.2, 0.25) is 0 Å². The van der Waals surface area contributed by atoms with Crippen LogP contribution in [0.25, 0.3) is 0 Å². The SMILES string of the molecule is C=C/C(=C\N=C(C)N)CC.CCCc1ccc(C(=O)Nc2ccc(CN3CCN(C)CC3)c(C(F)(F)F)c2)cc1C. The summed E-state index contributed by atoms with van der Waals surface area (Å²) in [5, 5.41) is 2.63. The molecule has 6 nitrogen and oxygen atoms in total. The zero-order valence-electron chi connectivity index (χ0n) is 24.9. The molecule has 0 atom stereocenters. The molecule has 1 heterocycles. The van der Waals surface area contributed by atoms with Crippen LogP contribution in [0.15, 0.2) is 65.8 Å². The first-order valence-corrected chi connectivity index (χ1v) is 14.0. The number of amidine groups is 1. The molecule has 1 saturated heterocycles. The summed E-state index contributed by atoms with van der Waals surface area (Å²) >= 11 is 0. The van der Waals surface area contributed by atoms with Crippen LogP contribution in [-0.4, -0.2) is 54.8 Å². The first kappa shape index (κ1) is 33.8. The Hall–Kier alpha value is -3.43. The van der Waals surface area contributed by atoms with Gasteiger partial charge in [0.15, 0.2) is 0 Å². The number of rotatable bonds is 9. The fourth-order valence-electron chi connectivity index (χ4n) is 4.37. The third-order valence-corrected chi connectivity index (χ3v) is 6.89. The minimum Gasteiger partial charge on any atom is -0.387 e. The number of hydrogen-bond acceptors (Lipinski definition) is 4. The average Bonchev–Trinajstić information content (AvgIpc) is 2.92. The fourth-order valence-corrected chi connectivity index (χ4v) is 4.37. The van der Waals surface area contributed by atoms with Crippen molar-refractivity contribution in [3.63, 3.8) is 0 Å². The maximum atomic E-state index is 13.7. The van der Waals surface area contributed by atoms with Gasteiger partial charge in [0.05, 0.1) is 11.4 Å². The minimum atomic E-state index is -4.49. The van der Waals surface area contributed by atoms with Crippen molar-refractivity contribution in [1.82, 2.24) is 9.80 Å². The summed E-state index contributed by atoms with van der Waals surface area (Å²) in [6, 6.07) is 9.49. The first-order valence-electron chi connectivity index (χ1n) is 14.0. The summed E-state index contributed by atoms with van der Waals surface area (Å²) in [6.07, 6.45) is 1.92. The Morgan fingerprint density at radius 1 is 1.10 bits per heavy atom. The van der Waals surface area contributed by atoms with Crippen molar-refractivity contribution in [1.29, 1.82) is 0 Å². The van der Waals surface area contributed by atoms with Gasteiger partial charge in [-0.15, -0.1) is 0 Å². The van der Waals surface area contributed by atoms with Crippen LogP contribution in [0, 0.1) is 6.92 Å². The van der Waals surface area contributed by atoms with Gasteiger partial charge in [0.25, 0.3) is 5.91 Å². The van der Waals surface area contributed by atoms with Crippen LogP contribution in [0.3, 0.4) is 0 Å². The van der Waals surface area contributed by atoms with Crippen molar-refractivity contribution < 1.29 is 18.0 Å². The lowest BCUT2D eigenvalue weighted by molar-refractivity contribution is -0.138. The normalized spacial score (nSPS) is 15.2. The van der Waals surface area contributed by atoms with E-state index in [2.05, 4.69) is 35.6 Å². The Morgan fingerprint density at radius 3 is 2.29 bits per heavy atom. The average molecular weight is 572 g/mol. The molecule has 1 amide bonds. The molecule has 9 heteroatoms. The molecule has 0 radical (unpaired) electrons. The number of halogens is 3. The van der Waals surface area contributed by atoms with Crippen LogP contribution in [0.2, 0.25) is 0 Å². The van der Waals surface area contributed by atoms with E-state index in [4.69, 9.17) is 5.73 Å². The van der Waals surface area contributed by atoms with Gasteiger partial charge in [-0.05, 0) is 80.3 Å². The van der Waals surface area contributed by atoms with Crippen molar-refractivity contribution in [3.05, 3.63) is 88.6 Å². The summed E-state index contributed by atoms with van der Waals surface area (Å²) in [7, 11) is 2.01. The number of carbonyl (C=O) groups is 1. The Morgan fingerprint density at radius 2 is 1.76 bits per heavy atom. The summed E-state index contributed by atoms with van der Waals surface area (Å²) in [6.45, 7) is 14.9. The van der Waals surface area contributed by atoms with E-state index in [-0.39, 0.29) is 17.8 Å². The van der Waals surface area contributed by atoms with Crippen molar-refractivity contribution in [2.75, 3.05) is 38.5 Å². The monoisotopic (exact) mass is 571 g/mol. The number of hydrogen-bond donors (Lipinski definition) is 2. The lowest BCUT2D eigenvalue weighted by Crippen LogP contribution is -2.44. The number of piperazine rings is 1. The van der Waals surface area contributed by atoms with Gasteiger partial charge in [0, 0.05) is 50.2 Å². The zero-order chi connectivity index (χ0) is 30.6. The van der Waals surface area contributed by atoms with E-state index in [0.717, 1.165) is 62.6 Å². The molecule has 3 rings (SSSR count). The van der Waals surface area contributed by atoms with E-state index in [1.807, 2.05) is 24.9 Å². The molecule has 0 spiro atoms. The first-order chi connectivity index (χ1) is 19.4. The van der Waals surface area contributed by atoms with Crippen LogP contribution < -0.4 is 11.1 Å². The smallest absolute Gasteiger partial charge is 0.387 e. The van der Waals surface area contributed by atoms with Crippen LogP contribution in [0.1, 0.15) is 66.2 Å². The molecule has 41 heavy (non-hydrogen) atoms. The lowest BCUT2D eigenvalue weighted by Gasteiger charge is -2.33. The second-order valence-electron chi connectivity index (χ2n) is 10.3. The predicted molar refractivity (Wildman–Crippen MR) is 163 cm³/mol. The molecular weight excluding hydrogens is 527 g/mol. The summed E-state index contributed by atoms with van der Waals surface area (Å²) < 4.78 is 41.2. The number of anilines is 1. The molecule has 0 unspecified atom stereocenters. The molecular formula is C32H44F3N5O. The summed E-state index contributed by atoms with van der Waals surface area (Å²) in [4.78, 5) is 20.7. The van der Waals surface area contributed by atoms with Crippen molar-refractivity contribution in [3.8, 4) is 0 Å². The highest BCUT2D eigenvalue weighted by molar-refractivity contribution is 6.04. The molecule has 1 fully saturated rings. The van der Waals surface area contributed by atoms with E-state index < -0.39 is 17.6 Å². The number of alkyl halides is 3. The number of carbonyl (C=O) groups excluding carboxylic acids is 1. The molecule has 1 aliphatic heterocycles. The third kappa shape index (κ3) is 11.2. The molecule has 0 aliphatic carbocycles. The molecule has 0 saturated carbocycles. The Balaban J connectivity index is 0.000000503. The van der Waals surface area contributed by atoms with Gasteiger partial charge in [-0.2, -0.15) is 13.2 Å². The Bertz CT molecular complexity index is 1220. The Labute approximate surface area is 242 Å². The lowest BCUT2D eigenvalue weighted by atomic mass is 10.0. The standard InChI is InChI=1S/C24H30F3N3O.C8H14N2/c1-4-5-18-6-7-19(14-17(18)2)23(31)28-21-9-8-20(22(15-21)24(25,26)27)16-30-12-10-29(3)11-13-30;1-4-8(5-2)6-10-7(3)9/h6-9,14-15H,4-5,10-13,16H2,1-3H3,(H,28,31);4,6H,1,5H2,2-3H3,(H2,9,10)/b;8-6+. The number of allylic oxidation sites excluding steroid dienone is 2. The second kappa shape index (κ2) is 16.1. The number of aliphatic imine (C=N–C) groups is 1. The van der Waals surface area contributed by atoms with E-state index in [1.165, 1.54) is 11.6 Å². The van der Waals surface area contributed by atoms with Crippen LogP contribution in [0.5, 0.6) is 0 Å². The molecule has 224 valence electrons. The largest absolute Gasteiger partial charge is 0.416 e. The number of benzene rings is 2. The van der Waals surface area contributed by atoms with E-state index in [1.54, 1.807) is 37.4 Å². The number of amides is 1. The minimum absolute atomic E-state index is 0.148. The van der Waals surface area contributed by atoms with Crippen LogP contribution >= 0.6 is 0 Å². The molecule has 0 aromatic heterocycles. The number of nitrogens with zero attached hydrogens (tertiary/aromatic N) is 3. The summed E-state index contributed by atoms with van der Waals surface area (Å²) in [5.41, 5.74) is 8.72. The van der Waals surface area contributed by atoms with Gasteiger partial charge >= 0.3 is 6.18 Å². The number of nitrogens with two attached hydrogens (primary N) is 1. The van der Waals surface area contributed by atoms with Gasteiger partial charge in [-0.25, -0.2) is 4.99 Å². The predicted octanol–water partition coefficient (Wildman–Crippen LogP) is 6.81. The molecule has 2 aromatic carbocycles. The van der Waals surface area contributed by atoms with E-state index in [0.29, 0.717) is 11.4 Å². The number of nitrogens with one attached hydrogen (secondary N) is 1. The van der Waals surface area contributed by atoms with Gasteiger partial charge in [-0.3, -0.25) is 9.69 Å². The van der Waals surface area contributed by atoms with Crippen molar-refractivity contribution in [2.24, 2.45) is 10.7 Å². The molecule has 0 bridgehead atoms. The topological polar surface area (TPSA) is 74.0 Å². The second-order valence-corrected chi connectivity index (χ2v) is 10.3. The zero-order valence-corrected chi connectivity index (χ0v) is 24.9. The highest BCUT2D eigenvalue weighted by Crippen LogP contribution is 2.34. The highest BCUT2D eigenvalue weighted by atomic mass is 19.4. The van der Waals surface area contributed by atoms with E-state index >= 15 is 0 Å². The summed E-state index contributed by atoms with van der Waals surface area (Å²) in [5.74, 6) is 0.166. The molecule has 3 N–H and O–H groups in total. The third-order valence-electron chi connectivity index (χ3n) is 6.89. The number of likely N-dealkylation sites (N-methyl/N-ethyl adjacent to an activating group) is 1. The van der Waals surface area contributed by atoms with Crippen LogP contribution in [-0.2, 0) is 19.1 Å². The van der Waals surface area contributed by atoms with Crippen molar-refractivity contribution in [2.45, 2.75) is 59.7 Å². The van der Waals surface area contributed by atoms with E-state index in [9.17, 15) is 18.0 Å². The maximum absolute atomic E-state index is 13.7. The van der Waals surface area contributed by atoms with Gasteiger partial charge in [-0.1, -0.05) is 45.1 Å². The highest BCUT2D eigenvalue weighted by Gasteiger charge is 2.34.